The third kappa shape index (κ3) is 3.55. The molecular formula is C16H19NO3S. The van der Waals surface area contributed by atoms with Crippen LogP contribution in [0.4, 0.5) is 5.69 Å². The van der Waals surface area contributed by atoms with E-state index in [9.17, 15) is 5.11 Å². The lowest BCUT2D eigenvalue weighted by molar-refractivity contribution is 0.339. The highest BCUT2D eigenvalue weighted by Crippen LogP contribution is 2.37. The first-order valence-electron chi connectivity index (χ1n) is 6.50. The first-order chi connectivity index (χ1) is 10.2. The largest absolute Gasteiger partial charge is 0.502 e. The highest BCUT2D eigenvalue weighted by molar-refractivity contribution is 7.98. The van der Waals surface area contributed by atoms with E-state index in [4.69, 9.17) is 9.47 Å². The molecule has 0 amide bonds. The zero-order valence-corrected chi connectivity index (χ0v) is 13.2. The van der Waals surface area contributed by atoms with Crippen molar-refractivity contribution in [3.05, 3.63) is 42.0 Å². The molecule has 0 aliphatic carbocycles. The van der Waals surface area contributed by atoms with Crippen LogP contribution in [0.1, 0.15) is 5.56 Å². The van der Waals surface area contributed by atoms with Gasteiger partial charge in [0.05, 0.1) is 14.2 Å². The summed E-state index contributed by atoms with van der Waals surface area (Å²) < 4.78 is 10.3. The summed E-state index contributed by atoms with van der Waals surface area (Å²) in [6, 6.07) is 11.7. The third-order valence-corrected chi connectivity index (χ3v) is 3.93. The van der Waals surface area contributed by atoms with Crippen molar-refractivity contribution in [2.45, 2.75) is 11.4 Å². The predicted molar refractivity (Wildman–Crippen MR) is 86.8 cm³/mol. The van der Waals surface area contributed by atoms with Crippen LogP contribution in [0.25, 0.3) is 0 Å². The number of hydrogen-bond acceptors (Lipinski definition) is 5. The number of thioether (sulfide) groups is 1. The van der Waals surface area contributed by atoms with Gasteiger partial charge in [-0.05, 0) is 36.1 Å². The third-order valence-electron chi connectivity index (χ3n) is 3.13. The van der Waals surface area contributed by atoms with Crippen LogP contribution in [0.15, 0.2) is 41.3 Å². The molecule has 0 aliphatic heterocycles. The second-order valence-corrected chi connectivity index (χ2v) is 5.25. The molecule has 0 aromatic heterocycles. The zero-order chi connectivity index (χ0) is 15.2. The van der Waals surface area contributed by atoms with E-state index < -0.39 is 0 Å². The Morgan fingerprint density at radius 1 is 1.10 bits per heavy atom. The molecule has 2 aromatic rings. The number of phenolic OH excluding ortho intramolecular Hbond substituents is 1. The molecule has 0 unspecified atom stereocenters. The van der Waals surface area contributed by atoms with E-state index in [1.54, 1.807) is 23.9 Å². The molecule has 0 heterocycles. The van der Waals surface area contributed by atoms with Gasteiger partial charge in [0.25, 0.3) is 0 Å². The molecular weight excluding hydrogens is 286 g/mol. The first kappa shape index (κ1) is 15.4. The summed E-state index contributed by atoms with van der Waals surface area (Å²) in [4.78, 5) is 1.19. The maximum Gasteiger partial charge on any atom is 0.200 e. The van der Waals surface area contributed by atoms with Crippen LogP contribution < -0.4 is 14.8 Å². The van der Waals surface area contributed by atoms with Gasteiger partial charge in [-0.3, -0.25) is 0 Å². The number of para-hydroxylation sites is 1. The van der Waals surface area contributed by atoms with Crippen LogP contribution in [0.5, 0.6) is 17.2 Å². The van der Waals surface area contributed by atoms with Crippen molar-refractivity contribution in [2.75, 3.05) is 25.8 Å². The normalized spacial score (nSPS) is 10.2. The van der Waals surface area contributed by atoms with Gasteiger partial charge in [-0.15, -0.1) is 11.8 Å². The van der Waals surface area contributed by atoms with Gasteiger partial charge in [-0.25, -0.2) is 0 Å². The Hall–Kier alpha value is -2.01. The lowest BCUT2D eigenvalue weighted by Gasteiger charge is -2.13. The number of hydrogen-bond donors (Lipinski definition) is 2. The minimum absolute atomic E-state index is 0.0215. The van der Waals surface area contributed by atoms with Crippen LogP contribution in [-0.4, -0.2) is 25.6 Å². The summed E-state index contributed by atoms with van der Waals surface area (Å²) in [5.41, 5.74) is 2.05. The Morgan fingerprint density at radius 2 is 1.71 bits per heavy atom. The second kappa shape index (κ2) is 7.13. The Morgan fingerprint density at radius 3 is 2.29 bits per heavy atom. The lowest BCUT2D eigenvalue weighted by Crippen LogP contribution is -2.01. The number of benzene rings is 2. The molecule has 0 atom stereocenters. The van der Waals surface area contributed by atoms with Crippen molar-refractivity contribution in [1.29, 1.82) is 0 Å². The van der Waals surface area contributed by atoms with Crippen LogP contribution in [0.3, 0.4) is 0 Å². The summed E-state index contributed by atoms with van der Waals surface area (Å²) in [5.74, 6) is 0.835. The average molecular weight is 305 g/mol. The molecule has 21 heavy (non-hydrogen) atoms. The molecule has 2 aromatic carbocycles. The van der Waals surface area contributed by atoms with E-state index >= 15 is 0 Å². The minimum Gasteiger partial charge on any atom is -0.502 e. The van der Waals surface area contributed by atoms with Gasteiger partial charge >= 0.3 is 0 Å². The second-order valence-electron chi connectivity index (χ2n) is 4.40. The number of ether oxygens (including phenoxy) is 2. The van der Waals surface area contributed by atoms with Gasteiger partial charge in [0, 0.05) is 17.1 Å². The summed E-state index contributed by atoms with van der Waals surface area (Å²) in [7, 11) is 3.05. The summed E-state index contributed by atoms with van der Waals surface area (Å²) in [6.07, 6.45) is 2.05. The Balaban J connectivity index is 2.20. The van der Waals surface area contributed by atoms with Crippen molar-refractivity contribution in [3.8, 4) is 17.2 Å². The number of rotatable bonds is 6. The van der Waals surface area contributed by atoms with Crippen molar-refractivity contribution in [1.82, 2.24) is 0 Å². The fourth-order valence-corrected chi connectivity index (χ4v) is 2.61. The average Bonchev–Trinajstić information content (AvgIpc) is 2.54. The van der Waals surface area contributed by atoms with E-state index in [1.165, 1.54) is 19.1 Å². The summed E-state index contributed by atoms with van der Waals surface area (Å²) in [5, 5.41) is 13.3. The van der Waals surface area contributed by atoms with Crippen molar-refractivity contribution in [2.24, 2.45) is 0 Å². The monoisotopic (exact) mass is 305 g/mol. The van der Waals surface area contributed by atoms with Gasteiger partial charge in [0.2, 0.25) is 5.75 Å². The van der Waals surface area contributed by atoms with Crippen molar-refractivity contribution >= 4 is 17.4 Å². The van der Waals surface area contributed by atoms with Crippen molar-refractivity contribution < 1.29 is 14.6 Å². The van der Waals surface area contributed by atoms with E-state index in [-0.39, 0.29) is 5.75 Å². The molecule has 0 aliphatic rings. The molecule has 112 valence electrons. The number of methoxy groups -OCH3 is 2. The fourth-order valence-electron chi connectivity index (χ4n) is 2.04. The van der Waals surface area contributed by atoms with Gasteiger partial charge in [-0.2, -0.15) is 0 Å². The van der Waals surface area contributed by atoms with E-state index in [2.05, 4.69) is 11.4 Å². The quantitative estimate of drug-likeness (QED) is 0.796. The van der Waals surface area contributed by atoms with Gasteiger partial charge < -0.3 is 19.9 Å². The molecule has 0 spiro atoms. The number of nitrogens with one attached hydrogen (secondary N) is 1. The van der Waals surface area contributed by atoms with Crippen LogP contribution in [0.2, 0.25) is 0 Å². The zero-order valence-electron chi connectivity index (χ0n) is 12.3. The Bertz CT molecular complexity index is 591. The van der Waals surface area contributed by atoms with Crippen molar-refractivity contribution in [3.63, 3.8) is 0 Å². The molecule has 4 nitrogen and oxygen atoms in total. The molecule has 0 saturated carbocycles. The summed E-state index contributed by atoms with van der Waals surface area (Å²) >= 11 is 1.70. The molecule has 0 bridgehead atoms. The molecule has 2 rings (SSSR count). The first-order valence-corrected chi connectivity index (χ1v) is 7.72. The van der Waals surface area contributed by atoms with Gasteiger partial charge in [-0.1, -0.05) is 12.1 Å². The lowest BCUT2D eigenvalue weighted by atomic mass is 10.1. The highest BCUT2D eigenvalue weighted by atomic mass is 32.2. The van der Waals surface area contributed by atoms with Gasteiger partial charge in [0.15, 0.2) is 11.5 Å². The van der Waals surface area contributed by atoms with Gasteiger partial charge in [0.1, 0.15) is 0 Å². The predicted octanol–water partition coefficient (Wildman–Crippen LogP) is 3.74. The topological polar surface area (TPSA) is 50.7 Å². The molecule has 2 N–H and O–H groups in total. The van der Waals surface area contributed by atoms with E-state index in [0.29, 0.717) is 18.0 Å². The Labute approximate surface area is 129 Å². The minimum atomic E-state index is 0.0215. The van der Waals surface area contributed by atoms with E-state index in [1.807, 2.05) is 24.5 Å². The fraction of sp³-hybridized carbons (Fsp3) is 0.250. The Kier molecular flexibility index (Phi) is 5.22. The number of anilines is 1. The molecule has 5 heteroatoms. The number of phenols is 1. The van der Waals surface area contributed by atoms with Crippen LogP contribution >= 0.6 is 11.8 Å². The smallest absolute Gasteiger partial charge is 0.200 e. The standard InChI is InChI=1S/C16H19NO3S/c1-19-13-8-11(9-14(20-2)16(13)18)10-17-12-6-4-5-7-15(12)21-3/h4-9,17-18H,10H2,1-3H3. The maximum absolute atomic E-state index is 9.91. The summed E-state index contributed by atoms with van der Waals surface area (Å²) in [6.45, 7) is 0.616. The molecule has 0 fully saturated rings. The molecule has 0 saturated heterocycles. The highest BCUT2D eigenvalue weighted by Gasteiger charge is 2.11. The van der Waals surface area contributed by atoms with Crippen LogP contribution in [-0.2, 0) is 6.54 Å². The maximum atomic E-state index is 9.91. The molecule has 0 radical (unpaired) electrons. The SMILES string of the molecule is COc1cc(CNc2ccccc2SC)cc(OC)c1O. The number of aromatic hydroxyl groups is 1. The van der Waals surface area contributed by atoms with E-state index in [0.717, 1.165) is 11.3 Å². The van der Waals surface area contributed by atoms with Crippen LogP contribution in [0, 0.1) is 0 Å².